The fourth-order valence-electron chi connectivity index (χ4n) is 2.52. The van der Waals surface area contributed by atoms with E-state index in [-0.39, 0.29) is 28.0 Å². The zero-order chi connectivity index (χ0) is 27.3. The van der Waals surface area contributed by atoms with Crippen LogP contribution in [0.5, 0.6) is 17.2 Å². The van der Waals surface area contributed by atoms with Crippen molar-refractivity contribution in [3.63, 3.8) is 0 Å². The quantitative estimate of drug-likeness (QED) is 0.313. The number of methoxy groups -OCH3 is 3. The highest BCUT2D eigenvalue weighted by Crippen LogP contribution is 2.37. The van der Waals surface area contributed by atoms with Gasteiger partial charge in [0.2, 0.25) is 0 Å². The molecule has 13 nitrogen and oxygen atoms in total. The lowest BCUT2D eigenvalue weighted by molar-refractivity contribution is -0.134. The second-order valence-corrected chi connectivity index (χ2v) is 7.80. The van der Waals surface area contributed by atoms with Crippen molar-refractivity contribution in [2.24, 2.45) is 0 Å². The largest absolute Gasteiger partial charge is 0.496 e. The van der Waals surface area contributed by atoms with E-state index in [1.165, 1.54) is 21.3 Å². The second-order valence-electron chi connectivity index (χ2n) is 6.94. The fraction of sp³-hybridized carbons (Fsp3) is 0.318. The number of carbonyl (C=O) groups excluding carboxylic acids is 2. The van der Waals surface area contributed by atoms with Crippen molar-refractivity contribution in [1.29, 1.82) is 0 Å². The highest BCUT2D eigenvalue weighted by Gasteiger charge is 2.23. The van der Waals surface area contributed by atoms with Gasteiger partial charge in [-0.1, -0.05) is 0 Å². The van der Waals surface area contributed by atoms with Crippen molar-refractivity contribution in [3.05, 3.63) is 40.9 Å². The predicted molar refractivity (Wildman–Crippen MR) is 131 cm³/mol. The Morgan fingerprint density at radius 3 is 2.06 bits per heavy atom. The summed E-state index contributed by atoms with van der Waals surface area (Å²) in [6.07, 6.45) is 1.12. The molecule has 1 aromatic heterocycles. The summed E-state index contributed by atoms with van der Waals surface area (Å²) in [6, 6.07) is 3.26. The Kier molecular flexibility index (Phi) is 12.4. The first-order chi connectivity index (χ1) is 17.0. The molecule has 4 N–H and O–H groups in total. The minimum Gasteiger partial charge on any atom is -0.496 e. The maximum Gasteiger partial charge on any atom is 0.328 e. The average Bonchev–Trinajstić information content (AvgIpc) is 3.30. The maximum atomic E-state index is 12.8. The summed E-state index contributed by atoms with van der Waals surface area (Å²) < 4.78 is 15.8. The molecule has 0 saturated carbocycles. The molecule has 1 heterocycles. The van der Waals surface area contributed by atoms with E-state index in [1.54, 1.807) is 17.5 Å². The number of aliphatic carboxylic acids is 2. The Labute approximate surface area is 211 Å². The smallest absolute Gasteiger partial charge is 0.328 e. The third-order valence-electron chi connectivity index (χ3n) is 4.12. The molecule has 196 valence electrons. The van der Waals surface area contributed by atoms with Crippen LogP contribution >= 0.6 is 11.3 Å². The van der Waals surface area contributed by atoms with Crippen LogP contribution in [0, 0.1) is 0 Å². The Morgan fingerprint density at radius 1 is 0.972 bits per heavy atom. The third-order valence-corrected chi connectivity index (χ3v) is 4.88. The van der Waals surface area contributed by atoms with Crippen LogP contribution in [0.3, 0.4) is 0 Å². The molecule has 2 rings (SSSR count). The number of benzene rings is 1. The molecule has 0 saturated heterocycles. The van der Waals surface area contributed by atoms with E-state index in [0.29, 0.717) is 30.2 Å². The lowest BCUT2D eigenvalue weighted by atomic mass is 10.1. The monoisotopic (exact) mass is 524 g/mol. The van der Waals surface area contributed by atoms with E-state index >= 15 is 0 Å². The normalized spacial score (nSPS) is 10.3. The number of anilines is 1. The van der Waals surface area contributed by atoms with Crippen LogP contribution in [0.25, 0.3) is 0 Å². The number of nitrogens with one attached hydrogen (secondary N) is 2. The number of hydrogen-bond donors (Lipinski definition) is 4. The van der Waals surface area contributed by atoms with Crippen LogP contribution in [0.15, 0.2) is 29.7 Å². The van der Waals surface area contributed by atoms with Gasteiger partial charge in [-0.2, -0.15) is 0 Å². The van der Waals surface area contributed by atoms with Crippen LogP contribution in [0.1, 0.15) is 20.8 Å². The van der Waals surface area contributed by atoms with Crippen LogP contribution in [0.4, 0.5) is 5.13 Å². The molecule has 0 unspecified atom stereocenters. The molecule has 2 aromatic rings. The van der Waals surface area contributed by atoms with Crippen molar-refractivity contribution >= 4 is 40.2 Å². The van der Waals surface area contributed by atoms with E-state index in [2.05, 4.69) is 15.6 Å². The van der Waals surface area contributed by atoms with E-state index in [4.69, 9.17) is 24.4 Å². The summed E-state index contributed by atoms with van der Waals surface area (Å²) in [5, 5.41) is 22.9. The Morgan fingerprint density at radius 2 is 1.56 bits per heavy atom. The van der Waals surface area contributed by atoms with Gasteiger partial charge in [-0.05, 0) is 26.2 Å². The zero-order valence-corrected chi connectivity index (χ0v) is 21.2. The van der Waals surface area contributed by atoms with Gasteiger partial charge in [-0.3, -0.25) is 14.9 Å². The van der Waals surface area contributed by atoms with Gasteiger partial charge in [-0.15, -0.1) is 11.3 Å². The van der Waals surface area contributed by atoms with E-state index < -0.39 is 17.8 Å². The summed E-state index contributed by atoms with van der Waals surface area (Å²) in [5.74, 6) is -2.32. The Hall–Kier alpha value is -4.17. The summed E-state index contributed by atoms with van der Waals surface area (Å²) in [7, 11) is 8.22. The minimum atomic E-state index is -1.26. The Bertz CT molecular complexity index is 1080. The van der Waals surface area contributed by atoms with Gasteiger partial charge < -0.3 is 34.6 Å². The number of carbonyl (C=O) groups is 4. The SMILES string of the molecule is COc1ccc(OC)c(C(=O)Nc2nc(C(=O)NCCN(C)C)cs2)c1OC.O=C(O)C=CC(=O)O. The molecule has 0 spiro atoms. The van der Waals surface area contributed by atoms with Crippen LogP contribution < -0.4 is 24.8 Å². The average molecular weight is 525 g/mol. The van der Waals surface area contributed by atoms with Crippen molar-refractivity contribution in [3.8, 4) is 17.2 Å². The molecule has 0 fully saturated rings. The number of nitrogens with zero attached hydrogens (tertiary/aromatic N) is 2. The minimum absolute atomic E-state index is 0.177. The summed E-state index contributed by atoms with van der Waals surface area (Å²) in [4.78, 5) is 50.2. The predicted octanol–water partition coefficient (Wildman–Crippen LogP) is 1.42. The number of amides is 2. The number of likely N-dealkylation sites (N-methyl/N-ethyl adjacent to an activating group) is 1. The molecule has 0 aliphatic rings. The lowest BCUT2D eigenvalue weighted by Crippen LogP contribution is -2.31. The topological polar surface area (TPSA) is 177 Å². The van der Waals surface area contributed by atoms with Gasteiger partial charge >= 0.3 is 11.9 Å². The van der Waals surface area contributed by atoms with Crippen LogP contribution in [-0.4, -0.2) is 92.4 Å². The Balaban J connectivity index is 0.000000697. The molecular weight excluding hydrogens is 496 g/mol. The first-order valence-electron chi connectivity index (χ1n) is 10.2. The summed E-state index contributed by atoms with van der Waals surface area (Å²) in [5.41, 5.74) is 0.417. The third kappa shape index (κ3) is 9.60. The summed E-state index contributed by atoms with van der Waals surface area (Å²) in [6.45, 7) is 1.22. The van der Waals surface area contributed by atoms with E-state index in [9.17, 15) is 19.2 Å². The van der Waals surface area contributed by atoms with E-state index in [1.807, 2.05) is 19.0 Å². The molecule has 1 aromatic carbocycles. The molecule has 36 heavy (non-hydrogen) atoms. The van der Waals surface area contributed by atoms with Gasteiger partial charge in [-0.25, -0.2) is 14.6 Å². The van der Waals surface area contributed by atoms with E-state index in [0.717, 1.165) is 17.9 Å². The first-order valence-corrected chi connectivity index (χ1v) is 11.0. The molecule has 0 bridgehead atoms. The number of hydrogen-bond acceptors (Lipinski definition) is 10. The number of thiazole rings is 1. The van der Waals surface area contributed by atoms with Crippen molar-refractivity contribution in [2.45, 2.75) is 0 Å². The van der Waals surface area contributed by atoms with Gasteiger partial charge in [0.15, 0.2) is 16.6 Å². The van der Waals surface area contributed by atoms with Crippen LogP contribution in [0.2, 0.25) is 0 Å². The molecule has 0 aliphatic carbocycles. The van der Waals surface area contributed by atoms with Crippen LogP contribution in [-0.2, 0) is 9.59 Å². The number of carboxylic acid groups (broad SMARTS) is 2. The molecule has 0 radical (unpaired) electrons. The van der Waals surface area contributed by atoms with Crippen molar-refractivity contribution in [2.75, 3.05) is 53.8 Å². The second kappa shape index (κ2) is 15.0. The van der Waals surface area contributed by atoms with Gasteiger partial charge in [0.25, 0.3) is 11.8 Å². The van der Waals surface area contributed by atoms with Crippen molar-refractivity contribution < 1.29 is 43.6 Å². The first kappa shape index (κ1) is 29.9. The molecular formula is C22H28N4O9S. The maximum absolute atomic E-state index is 12.8. The van der Waals surface area contributed by atoms with Crippen molar-refractivity contribution in [1.82, 2.24) is 15.2 Å². The summed E-state index contributed by atoms with van der Waals surface area (Å²) >= 11 is 1.15. The van der Waals surface area contributed by atoms with Gasteiger partial charge in [0.1, 0.15) is 17.0 Å². The standard InChI is InChI=1S/C18H24N4O5S.C4H4O4/c1-22(2)9-8-19-16(23)11-10-28-18(20-11)21-17(24)14-12(25-3)6-7-13(26-4)15(14)27-5;5-3(6)1-2-4(7)8/h6-7,10H,8-9H2,1-5H3,(H,19,23)(H,20,21,24);1-2H,(H,5,6)(H,7,8). The number of carboxylic acids is 2. The highest BCUT2D eigenvalue weighted by molar-refractivity contribution is 7.14. The van der Waals surface area contributed by atoms with Gasteiger partial charge in [0, 0.05) is 30.6 Å². The molecule has 0 atom stereocenters. The number of ether oxygens (including phenoxy) is 3. The highest BCUT2D eigenvalue weighted by atomic mass is 32.1. The number of rotatable bonds is 11. The molecule has 2 amide bonds. The molecule has 0 aliphatic heterocycles. The fourth-order valence-corrected chi connectivity index (χ4v) is 3.20. The number of aromatic nitrogens is 1. The zero-order valence-electron chi connectivity index (χ0n) is 20.4. The molecule has 14 heteroatoms. The van der Waals surface area contributed by atoms with Gasteiger partial charge in [0.05, 0.1) is 21.3 Å². The lowest BCUT2D eigenvalue weighted by Gasteiger charge is -2.15.